The van der Waals surface area contributed by atoms with Gasteiger partial charge in [-0.2, -0.15) is 0 Å². The van der Waals surface area contributed by atoms with Crippen molar-refractivity contribution < 1.29 is 14.3 Å². The van der Waals surface area contributed by atoms with Crippen LogP contribution in [0.3, 0.4) is 0 Å². The zero-order valence-electron chi connectivity index (χ0n) is 11.0. The molecule has 1 aromatic heterocycles. The Bertz CT molecular complexity index is 642. The van der Waals surface area contributed by atoms with Crippen LogP contribution in [0.15, 0.2) is 30.3 Å². The minimum atomic E-state index is -0.607. The summed E-state index contributed by atoms with van der Waals surface area (Å²) in [4.78, 5) is 16.0. The number of anilines is 1. The lowest BCUT2D eigenvalue weighted by Crippen LogP contribution is -2.09. The molecule has 6 heteroatoms. The predicted octanol–water partition coefficient (Wildman–Crippen LogP) is 2.78. The summed E-state index contributed by atoms with van der Waals surface area (Å²) in [6.45, 7) is 0. The van der Waals surface area contributed by atoms with Crippen molar-refractivity contribution in [2.75, 3.05) is 20.0 Å². The number of nitrogen functional groups attached to an aromatic ring is 1. The number of hydrogen-bond donors (Lipinski definition) is 1. The normalized spacial score (nSPS) is 10.2. The highest BCUT2D eigenvalue weighted by atomic mass is 35.5. The molecule has 0 amide bonds. The van der Waals surface area contributed by atoms with Crippen molar-refractivity contribution in [3.63, 3.8) is 0 Å². The summed E-state index contributed by atoms with van der Waals surface area (Å²) in [5.41, 5.74) is 7.58. The largest absolute Gasteiger partial charge is 0.492 e. The highest BCUT2D eigenvalue weighted by molar-refractivity contribution is 6.30. The van der Waals surface area contributed by atoms with Crippen LogP contribution in [0, 0.1) is 0 Å². The average Bonchev–Trinajstić information content (AvgIpc) is 2.46. The van der Waals surface area contributed by atoms with E-state index in [1.807, 2.05) is 0 Å². The van der Waals surface area contributed by atoms with Crippen molar-refractivity contribution in [1.82, 2.24) is 4.98 Å². The van der Waals surface area contributed by atoms with Crippen LogP contribution in [-0.4, -0.2) is 25.2 Å². The molecule has 0 aliphatic heterocycles. The zero-order valence-corrected chi connectivity index (χ0v) is 11.8. The van der Waals surface area contributed by atoms with Crippen LogP contribution in [0.5, 0.6) is 5.75 Å². The van der Waals surface area contributed by atoms with Crippen LogP contribution < -0.4 is 10.5 Å². The molecule has 0 atom stereocenters. The van der Waals surface area contributed by atoms with Crippen molar-refractivity contribution >= 4 is 23.3 Å². The van der Waals surface area contributed by atoms with Crippen LogP contribution in [-0.2, 0) is 4.74 Å². The molecule has 0 spiro atoms. The number of nitrogens with zero attached hydrogens (tertiary/aromatic N) is 1. The topological polar surface area (TPSA) is 74.4 Å². The fourth-order valence-electron chi connectivity index (χ4n) is 1.77. The van der Waals surface area contributed by atoms with Gasteiger partial charge in [-0.25, -0.2) is 9.78 Å². The standard InChI is InChI=1S/C14H13ClN2O3/c1-19-13-10(16)7-11(17-12(13)14(18)20-2)8-3-5-9(15)6-4-8/h3-7H,1-2H3,(H2,16,17). The van der Waals surface area contributed by atoms with Crippen LogP contribution >= 0.6 is 11.6 Å². The highest BCUT2D eigenvalue weighted by Crippen LogP contribution is 2.30. The van der Waals surface area contributed by atoms with Gasteiger partial charge >= 0.3 is 5.97 Å². The number of nitrogens with two attached hydrogens (primary N) is 1. The maximum Gasteiger partial charge on any atom is 0.360 e. The molecule has 0 unspecified atom stereocenters. The second-order valence-electron chi connectivity index (χ2n) is 3.98. The molecule has 1 aromatic carbocycles. The lowest BCUT2D eigenvalue weighted by atomic mass is 10.1. The number of rotatable bonds is 3. The number of halogens is 1. The van der Waals surface area contributed by atoms with Gasteiger partial charge in [0.1, 0.15) is 0 Å². The molecule has 0 aliphatic rings. The first-order chi connectivity index (χ1) is 9.56. The molecule has 2 N–H and O–H groups in total. The monoisotopic (exact) mass is 292 g/mol. The van der Waals surface area contributed by atoms with Gasteiger partial charge in [-0.15, -0.1) is 0 Å². The number of benzene rings is 1. The fraction of sp³-hybridized carbons (Fsp3) is 0.143. The van der Waals surface area contributed by atoms with E-state index in [-0.39, 0.29) is 11.4 Å². The lowest BCUT2D eigenvalue weighted by Gasteiger charge is -2.11. The Morgan fingerprint density at radius 3 is 2.45 bits per heavy atom. The average molecular weight is 293 g/mol. The van der Waals surface area contributed by atoms with Gasteiger partial charge < -0.3 is 15.2 Å². The highest BCUT2D eigenvalue weighted by Gasteiger charge is 2.19. The van der Waals surface area contributed by atoms with E-state index in [2.05, 4.69) is 9.72 Å². The molecule has 0 saturated carbocycles. The summed E-state index contributed by atoms with van der Waals surface area (Å²) in [5, 5.41) is 0.614. The number of esters is 1. The molecular formula is C14H13ClN2O3. The number of ether oxygens (including phenoxy) is 2. The van der Waals surface area contributed by atoms with Gasteiger partial charge in [0.05, 0.1) is 25.6 Å². The number of pyridine rings is 1. The van der Waals surface area contributed by atoms with Gasteiger partial charge in [0, 0.05) is 10.6 Å². The summed E-state index contributed by atoms with van der Waals surface area (Å²) in [6, 6.07) is 8.68. The summed E-state index contributed by atoms with van der Waals surface area (Å²) in [6.07, 6.45) is 0. The molecule has 2 aromatic rings. The summed E-state index contributed by atoms with van der Waals surface area (Å²) >= 11 is 5.84. The van der Waals surface area contributed by atoms with E-state index in [4.69, 9.17) is 22.1 Å². The van der Waals surface area contributed by atoms with E-state index < -0.39 is 5.97 Å². The van der Waals surface area contributed by atoms with E-state index in [1.54, 1.807) is 30.3 Å². The van der Waals surface area contributed by atoms with E-state index >= 15 is 0 Å². The summed E-state index contributed by atoms with van der Waals surface area (Å²) < 4.78 is 9.79. The molecule has 5 nitrogen and oxygen atoms in total. The Morgan fingerprint density at radius 2 is 1.90 bits per heavy atom. The minimum absolute atomic E-state index is 0.0416. The Balaban J connectivity index is 2.58. The molecular weight excluding hydrogens is 280 g/mol. The van der Waals surface area contributed by atoms with Gasteiger partial charge in [-0.3, -0.25) is 0 Å². The van der Waals surface area contributed by atoms with Crippen molar-refractivity contribution in [3.05, 3.63) is 41.0 Å². The van der Waals surface area contributed by atoms with Crippen molar-refractivity contribution in [2.24, 2.45) is 0 Å². The van der Waals surface area contributed by atoms with Crippen LogP contribution in [0.1, 0.15) is 10.5 Å². The molecule has 0 radical (unpaired) electrons. The third-order valence-electron chi connectivity index (χ3n) is 2.72. The molecule has 1 heterocycles. The molecule has 0 aliphatic carbocycles. The fourth-order valence-corrected chi connectivity index (χ4v) is 1.90. The minimum Gasteiger partial charge on any atom is -0.492 e. The molecule has 104 valence electrons. The zero-order chi connectivity index (χ0) is 14.7. The summed E-state index contributed by atoms with van der Waals surface area (Å²) in [5.74, 6) is -0.404. The maximum atomic E-state index is 11.7. The van der Waals surface area contributed by atoms with Gasteiger partial charge in [0.2, 0.25) is 0 Å². The third-order valence-corrected chi connectivity index (χ3v) is 2.98. The summed E-state index contributed by atoms with van der Waals surface area (Å²) in [7, 11) is 2.69. The lowest BCUT2D eigenvalue weighted by molar-refractivity contribution is 0.0590. The van der Waals surface area contributed by atoms with Crippen molar-refractivity contribution in [2.45, 2.75) is 0 Å². The first-order valence-electron chi connectivity index (χ1n) is 5.75. The van der Waals surface area contributed by atoms with E-state index in [0.29, 0.717) is 16.4 Å². The van der Waals surface area contributed by atoms with E-state index in [1.165, 1.54) is 14.2 Å². The van der Waals surface area contributed by atoms with Gasteiger partial charge in [-0.1, -0.05) is 23.7 Å². The van der Waals surface area contributed by atoms with E-state index in [9.17, 15) is 4.79 Å². The molecule has 0 bridgehead atoms. The second-order valence-corrected chi connectivity index (χ2v) is 4.41. The van der Waals surface area contributed by atoms with Gasteiger partial charge in [0.15, 0.2) is 11.4 Å². The Labute approximate surface area is 121 Å². The van der Waals surface area contributed by atoms with Crippen molar-refractivity contribution in [1.29, 1.82) is 0 Å². The smallest absolute Gasteiger partial charge is 0.360 e. The maximum absolute atomic E-state index is 11.7. The predicted molar refractivity (Wildman–Crippen MR) is 77.0 cm³/mol. The number of hydrogen-bond acceptors (Lipinski definition) is 5. The Hall–Kier alpha value is -2.27. The number of aromatic nitrogens is 1. The van der Waals surface area contributed by atoms with Crippen LogP contribution in [0.25, 0.3) is 11.3 Å². The van der Waals surface area contributed by atoms with Crippen LogP contribution in [0.2, 0.25) is 5.02 Å². The molecule has 0 fully saturated rings. The molecule has 0 saturated heterocycles. The Kier molecular flexibility index (Phi) is 4.10. The van der Waals surface area contributed by atoms with Crippen molar-refractivity contribution in [3.8, 4) is 17.0 Å². The van der Waals surface area contributed by atoms with Gasteiger partial charge in [-0.05, 0) is 18.2 Å². The number of carbonyl (C=O) groups excluding carboxylic acids is 1. The second kappa shape index (κ2) is 5.79. The first-order valence-corrected chi connectivity index (χ1v) is 6.13. The Morgan fingerprint density at radius 1 is 1.25 bits per heavy atom. The van der Waals surface area contributed by atoms with Crippen LogP contribution in [0.4, 0.5) is 5.69 Å². The van der Waals surface area contributed by atoms with E-state index in [0.717, 1.165) is 5.56 Å². The third kappa shape index (κ3) is 2.67. The molecule has 2 rings (SSSR count). The first kappa shape index (κ1) is 14.1. The SMILES string of the molecule is COC(=O)c1nc(-c2ccc(Cl)cc2)cc(N)c1OC. The number of methoxy groups -OCH3 is 2. The van der Waals surface area contributed by atoms with Gasteiger partial charge in [0.25, 0.3) is 0 Å². The number of carbonyl (C=O) groups is 1. The quantitative estimate of drug-likeness (QED) is 0.881. The molecule has 20 heavy (non-hydrogen) atoms.